The molecule has 106 valence electrons. The molecule has 3 rings (SSSR count). The molecule has 1 atom stereocenters. The van der Waals surface area contributed by atoms with Crippen LogP contribution in [0.2, 0.25) is 0 Å². The first-order valence-electron chi connectivity index (χ1n) is 6.74. The molecule has 5 nitrogen and oxygen atoms in total. The van der Waals surface area contributed by atoms with Crippen LogP contribution < -0.4 is 5.32 Å². The molecule has 1 aromatic carbocycles. The van der Waals surface area contributed by atoms with Crippen LogP contribution >= 0.6 is 0 Å². The van der Waals surface area contributed by atoms with Crippen molar-refractivity contribution in [2.45, 2.75) is 19.3 Å². The number of hydrogen-bond acceptors (Lipinski definition) is 5. The number of aryl methyl sites for hydroxylation is 1. The highest BCUT2D eigenvalue weighted by molar-refractivity contribution is 5.55. The van der Waals surface area contributed by atoms with Gasteiger partial charge < -0.3 is 14.9 Å². The Morgan fingerprint density at radius 1 is 1.45 bits per heavy atom. The smallest absolute Gasteiger partial charge is 0.226 e. The van der Waals surface area contributed by atoms with E-state index in [2.05, 4.69) is 15.5 Å². The number of nitrogens with one attached hydrogen (secondary N) is 1. The highest BCUT2D eigenvalue weighted by Gasteiger charge is 2.16. The van der Waals surface area contributed by atoms with Gasteiger partial charge in [0.2, 0.25) is 11.7 Å². The Kier molecular flexibility index (Phi) is 3.64. The van der Waals surface area contributed by atoms with E-state index in [1.165, 1.54) is 18.6 Å². The fourth-order valence-corrected chi connectivity index (χ4v) is 2.41. The van der Waals surface area contributed by atoms with Gasteiger partial charge in [0.25, 0.3) is 0 Å². The number of halogens is 1. The predicted molar refractivity (Wildman–Crippen MR) is 70.7 cm³/mol. The Morgan fingerprint density at radius 2 is 2.35 bits per heavy atom. The Hall–Kier alpha value is -1.95. The zero-order valence-corrected chi connectivity index (χ0v) is 11.0. The van der Waals surface area contributed by atoms with Crippen molar-refractivity contribution in [3.05, 3.63) is 29.9 Å². The summed E-state index contributed by atoms with van der Waals surface area (Å²) < 4.78 is 18.5. The van der Waals surface area contributed by atoms with Crippen LogP contribution in [-0.4, -0.2) is 28.3 Å². The van der Waals surface area contributed by atoms with E-state index in [-0.39, 0.29) is 5.75 Å². The average molecular weight is 277 g/mol. The number of hydrogen-bond donors (Lipinski definition) is 2. The third-order valence-electron chi connectivity index (χ3n) is 3.60. The SMILES string of the molecule is Oc1ccc(-c2noc(CCC3CCNC3)n2)cc1F. The molecule has 0 aliphatic carbocycles. The van der Waals surface area contributed by atoms with Gasteiger partial charge in [0.1, 0.15) is 0 Å². The van der Waals surface area contributed by atoms with Crippen LogP contribution in [0.25, 0.3) is 11.4 Å². The molecule has 2 heterocycles. The molecule has 0 bridgehead atoms. The van der Waals surface area contributed by atoms with Gasteiger partial charge in [-0.2, -0.15) is 4.98 Å². The van der Waals surface area contributed by atoms with E-state index in [0.29, 0.717) is 23.2 Å². The standard InChI is InChI=1S/C14H16FN3O2/c15-11-7-10(2-3-12(11)19)14-17-13(20-18-14)4-1-9-5-6-16-8-9/h2-3,7,9,16,19H,1,4-6,8H2. The molecule has 1 unspecified atom stereocenters. The summed E-state index contributed by atoms with van der Waals surface area (Å²) in [6.45, 7) is 2.12. The molecule has 1 aromatic heterocycles. The summed E-state index contributed by atoms with van der Waals surface area (Å²) in [6.07, 6.45) is 2.93. The third-order valence-corrected chi connectivity index (χ3v) is 3.60. The van der Waals surface area contributed by atoms with Gasteiger partial charge in [-0.05, 0) is 50.0 Å². The lowest BCUT2D eigenvalue weighted by Gasteiger charge is -2.03. The van der Waals surface area contributed by atoms with Crippen LogP contribution in [0.3, 0.4) is 0 Å². The summed E-state index contributed by atoms with van der Waals surface area (Å²) in [4.78, 5) is 4.27. The minimum absolute atomic E-state index is 0.350. The number of nitrogens with zero attached hydrogens (tertiary/aromatic N) is 2. The Balaban J connectivity index is 1.67. The maximum Gasteiger partial charge on any atom is 0.226 e. The van der Waals surface area contributed by atoms with Gasteiger partial charge in [-0.3, -0.25) is 0 Å². The second-order valence-corrected chi connectivity index (χ2v) is 5.08. The van der Waals surface area contributed by atoms with Crippen molar-refractivity contribution >= 4 is 0 Å². The highest BCUT2D eigenvalue weighted by atomic mass is 19.1. The predicted octanol–water partition coefficient (Wildman–Crippen LogP) is 2.12. The lowest BCUT2D eigenvalue weighted by atomic mass is 10.0. The number of phenolic OH excluding ortho intramolecular Hbond substituents is 1. The molecule has 2 aromatic rings. The Bertz CT molecular complexity index is 594. The minimum atomic E-state index is -0.689. The first kappa shape index (κ1) is 13.1. The van der Waals surface area contributed by atoms with Gasteiger partial charge in [0.15, 0.2) is 11.6 Å². The Morgan fingerprint density at radius 3 is 3.10 bits per heavy atom. The van der Waals surface area contributed by atoms with E-state index >= 15 is 0 Å². The van der Waals surface area contributed by atoms with Crippen molar-refractivity contribution in [3.63, 3.8) is 0 Å². The van der Waals surface area contributed by atoms with Crippen molar-refractivity contribution in [3.8, 4) is 17.1 Å². The molecule has 0 saturated carbocycles. The average Bonchev–Trinajstić information content (AvgIpc) is 3.10. The molecule has 2 N–H and O–H groups in total. The van der Waals surface area contributed by atoms with Gasteiger partial charge in [-0.25, -0.2) is 4.39 Å². The van der Waals surface area contributed by atoms with Gasteiger partial charge in [0.05, 0.1) is 0 Å². The summed E-state index contributed by atoms with van der Waals surface area (Å²) >= 11 is 0. The van der Waals surface area contributed by atoms with Crippen LogP contribution in [0.4, 0.5) is 4.39 Å². The molecule has 0 spiro atoms. The van der Waals surface area contributed by atoms with E-state index in [9.17, 15) is 4.39 Å². The molecular formula is C14H16FN3O2. The minimum Gasteiger partial charge on any atom is -0.505 e. The molecule has 6 heteroatoms. The van der Waals surface area contributed by atoms with Crippen LogP contribution in [-0.2, 0) is 6.42 Å². The second-order valence-electron chi connectivity index (χ2n) is 5.08. The highest BCUT2D eigenvalue weighted by Crippen LogP contribution is 2.23. The first-order chi connectivity index (χ1) is 9.72. The maximum atomic E-state index is 13.3. The molecule has 1 fully saturated rings. The summed E-state index contributed by atoms with van der Waals surface area (Å²) in [5.41, 5.74) is 0.498. The van der Waals surface area contributed by atoms with Crippen molar-refractivity contribution in [2.75, 3.05) is 13.1 Å². The molecule has 20 heavy (non-hydrogen) atoms. The molecule has 1 aliphatic heterocycles. The van der Waals surface area contributed by atoms with Crippen LogP contribution in [0.1, 0.15) is 18.7 Å². The topological polar surface area (TPSA) is 71.2 Å². The van der Waals surface area contributed by atoms with Crippen LogP contribution in [0, 0.1) is 11.7 Å². The fourth-order valence-electron chi connectivity index (χ4n) is 2.41. The normalized spacial score (nSPS) is 18.6. The summed E-state index contributed by atoms with van der Waals surface area (Å²) in [7, 11) is 0. The summed E-state index contributed by atoms with van der Waals surface area (Å²) in [5, 5.41) is 16.3. The van der Waals surface area contributed by atoms with Crippen molar-refractivity contribution in [1.29, 1.82) is 0 Å². The second kappa shape index (κ2) is 5.58. The number of phenols is 1. The monoisotopic (exact) mass is 277 g/mol. The molecular weight excluding hydrogens is 261 g/mol. The molecule has 1 saturated heterocycles. The first-order valence-corrected chi connectivity index (χ1v) is 6.74. The number of aromatic hydroxyl groups is 1. The molecule has 0 radical (unpaired) electrons. The van der Waals surface area contributed by atoms with Gasteiger partial charge >= 0.3 is 0 Å². The third kappa shape index (κ3) is 2.80. The number of aromatic nitrogens is 2. The summed E-state index contributed by atoms with van der Waals surface area (Å²) in [6, 6.07) is 4.05. The largest absolute Gasteiger partial charge is 0.505 e. The molecule has 1 aliphatic rings. The fraction of sp³-hybridized carbons (Fsp3) is 0.429. The van der Waals surface area contributed by atoms with Crippen molar-refractivity contribution in [2.24, 2.45) is 5.92 Å². The van der Waals surface area contributed by atoms with Crippen molar-refractivity contribution in [1.82, 2.24) is 15.5 Å². The van der Waals surface area contributed by atoms with E-state index in [0.717, 1.165) is 25.9 Å². The maximum absolute atomic E-state index is 13.3. The van der Waals surface area contributed by atoms with Gasteiger partial charge in [-0.15, -0.1) is 0 Å². The summed E-state index contributed by atoms with van der Waals surface area (Å²) in [5.74, 6) is 0.511. The molecule has 0 amide bonds. The van der Waals surface area contributed by atoms with E-state index in [1.54, 1.807) is 6.07 Å². The van der Waals surface area contributed by atoms with Crippen molar-refractivity contribution < 1.29 is 14.0 Å². The van der Waals surface area contributed by atoms with E-state index < -0.39 is 5.82 Å². The lowest BCUT2D eigenvalue weighted by molar-refractivity contribution is 0.365. The Labute approximate surface area is 115 Å². The zero-order chi connectivity index (χ0) is 13.9. The van der Waals surface area contributed by atoms with Gasteiger partial charge in [0, 0.05) is 12.0 Å². The van der Waals surface area contributed by atoms with Crippen LogP contribution in [0.5, 0.6) is 5.75 Å². The lowest BCUT2D eigenvalue weighted by Crippen LogP contribution is -2.09. The quantitative estimate of drug-likeness (QED) is 0.895. The zero-order valence-electron chi connectivity index (χ0n) is 11.0. The van der Waals surface area contributed by atoms with E-state index in [4.69, 9.17) is 9.63 Å². The van der Waals surface area contributed by atoms with E-state index in [1.807, 2.05) is 0 Å². The van der Waals surface area contributed by atoms with Gasteiger partial charge in [-0.1, -0.05) is 5.16 Å². The number of rotatable bonds is 4. The number of benzene rings is 1. The van der Waals surface area contributed by atoms with Crippen LogP contribution in [0.15, 0.2) is 22.7 Å².